The van der Waals surface area contributed by atoms with E-state index in [1.165, 1.54) is 77.0 Å². The predicted molar refractivity (Wildman–Crippen MR) is 98.1 cm³/mol. The SMILES string of the molecule is CCCCCCCCCCCCCCCC(=O)c1ccoc1C. The molecule has 0 radical (unpaired) electrons. The fourth-order valence-electron chi connectivity index (χ4n) is 3.11. The van der Waals surface area contributed by atoms with Crippen LogP contribution in [0.25, 0.3) is 0 Å². The maximum Gasteiger partial charge on any atom is 0.166 e. The lowest BCUT2D eigenvalue weighted by molar-refractivity contribution is 0.0977. The smallest absolute Gasteiger partial charge is 0.166 e. The molecule has 0 N–H and O–H groups in total. The number of rotatable bonds is 15. The van der Waals surface area contributed by atoms with Crippen LogP contribution in [-0.4, -0.2) is 5.78 Å². The van der Waals surface area contributed by atoms with Gasteiger partial charge in [-0.25, -0.2) is 0 Å². The van der Waals surface area contributed by atoms with E-state index in [0.29, 0.717) is 6.42 Å². The van der Waals surface area contributed by atoms with Crippen LogP contribution in [-0.2, 0) is 0 Å². The summed E-state index contributed by atoms with van der Waals surface area (Å²) >= 11 is 0. The zero-order chi connectivity index (χ0) is 16.8. The summed E-state index contributed by atoms with van der Waals surface area (Å²) in [6.45, 7) is 4.13. The minimum absolute atomic E-state index is 0.235. The molecule has 0 aromatic carbocycles. The van der Waals surface area contributed by atoms with Gasteiger partial charge in [0.25, 0.3) is 0 Å². The molecular weight excluding hydrogens is 284 g/mol. The van der Waals surface area contributed by atoms with Gasteiger partial charge in [-0.1, -0.05) is 84.0 Å². The predicted octanol–water partition coefficient (Wildman–Crippen LogP) is 7.25. The van der Waals surface area contributed by atoms with Crippen molar-refractivity contribution >= 4 is 5.78 Å². The highest BCUT2D eigenvalue weighted by Crippen LogP contribution is 2.15. The average Bonchev–Trinajstić information content (AvgIpc) is 2.98. The Balaban J connectivity index is 1.83. The lowest BCUT2D eigenvalue weighted by atomic mass is 10.0. The molecule has 0 spiro atoms. The third-order valence-electron chi connectivity index (χ3n) is 4.67. The fourth-order valence-corrected chi connectivity index (χ4v) is 3.11. The van der Waals surface area contributed by atoms with Crippen LogP contribution in [0.5, 0.6) is 0 Å². The van der Waals surface area contributed by atoms with E-state index < -0.39 is 0 Å². The van der Waals surface area contributed by atoms with Crippen LogP contribution in [0.15, 0.2) is 16.7 Å². The van der Waals surface area contributed by atoms with E-state index in [9.17, 15) is 4.79 Å². The van der Waals surface area contributed by atoms with Crippen molar-refractivity contribution in [3.63, 3.8) is 0 Å². The molecule has 0 saturated carbocycles. The number of furan rings is 1. The standard InChI is InChI=1S/C21H36O2/c1-3-4-5-6-7-8-9-10-11-12-13-14-15-16-21(22)20-17-18-23-19(20)2/h17-18H,3-16H2,1-2H3. The molecule has 0 aliphatic carbocycles. The third-order valence-corrected chi connectivity index (χ3v) is 4.67. The molecule has 0 saturated heterocycles. The average molecular weight is 321 g/mol. The Bertz CT molecular complexity index is 406. The van der Waals surface area contributed by atoms with Crippen molar-refractivity contribution in [3.05, 3.63) is 23.7 Å². The molecule has 0 amide bonds. The van der Waals surface area contributed by atoms with Crippen LogP contribution in [0.3, 0.4) is 0 Å². The van der Waals surface area contributed by atoms with E-state index in [1.54, 1.807) is 12.3 Å². The third kappa shape index (κ3) is 9.63. The zero-order valence-corrected chi connectivity index (χ0v) is 15.4. The molecule has 0 bridgehead atoms. The van der Waals surface area contributed by atoms with Gasteiger partial charge >= 0.3 is 0 Å². The van der Waals surface area contributed by atoms with Gasteiger partial charge in [0.15, 0.2) is 5.78 Å². The molecular formula is C21H36O2. The number of hydrogen-bond acceptors (Lipinski definition) is 2. The maximum absolute atomic E-state index is 12.0. The van der Waals surface area contributed by atoms with E-state index in [2.05, 4.69) is 6.92 Å². The number of aryl methyl sites for hydroxylation is 1. The number of ketones is 1. The van der Waals surface area contributed by atoms with Crippen LogP contribution in [0, 0.1) is 6.92 Å². The molecule has 1 rings (SSSR count). The van der Waals surface area contributed by atoms with E-state index in [-0.39, 0.29) is 5.78 Å². The highest BCUT2D eigenvalue weighted by molar-refractivity contribution is 5.96. The lowest BCUT2D eigenvalue weighted by Gasteiger charge is -2.03. The normalized spacial score (nSPS) is 11.0. The Hall–Kier alpha value is -1.05. The summed E-state index contributed by atoms with van der Waals surface area (Å²) in [6, 6.07) is 1.79. The van der Waals surface area contributed by atoms with Gasteiger partial charge in [0.05, 0.1) is 11.8 Å². The number of hydrogen-bond donors (Lipinski definition) is 0. The Morgan fingerprint density at radius 2 is 1.30 bits per heavy atom. The van der Waals surface area contributed by atoms with Crippen LogP contribution >= 0.6 is 0 Å². The lowest BCUT2D eigenvalue weighted by Crippen LogP contribution is -1.98. The van der Waals surface area contributed by atoms with Gasteiger partial charge in [-0.05, 0) is 19.4 Å². The minimum Gasteiger partial charge on any atom is -0.469 e. The van der Waals surface area contributed by atoms with Crippen molar-refractivity contribution in [2.45, 2.75) is 104 Å². The van der Waals surface area contributed by atoms with Gasteiger partial charge in [0.2, 0.25) is 0 Å². The fraction of sp³-hybridized carbons (Fsp3) is 0.762. The van der Waals surface area contributed by atoms with Crippen molar-refractivity contribution in [2.24, 2.45) is 0 Å². The van der Waals surface area contributed by atoms with Crippen molar-refractivity contribution in [2.75, 3.05) is 0 Å². The molecule has 0 aliphatic rings. The molecule has 2 nitrogen and oxygen atoms in total. The van der Waals surface area contributed by atoms with Crippen LogP contribution in [0.2, 0.25) is 0 Å². The first-order valence-electron chi connectivity index (χ1n) is 9.83. The second kappa shape index (κ2) is 13.4. The summed E-state index contributed by atoms with van der Waals surface area (Å²) in [5.41, 5.74) is 0.768. The summed E-state index contributed by atoms with van der Waals surface area (Å²) in [6.07, 6.45) is 19.7. The number of carbonyl (C=O) groups excluding carboxylic acids is 1. The van der Waals surface area contributed by atoms with Gasteiger partial charge < -0.3 is 4.42 Å². The molecule has 0 unspecified atom stereocenters. The highest BCUT2D eigenvalue weighted by atomic mass is 16.3. The number of Topliss-reactive ketones (excluding diaryl/α,β-unsaturated/α-hetero) is 1. The van der Waals surface area contributed by atoms with Crippen molar-refractivity contribution < 1.29 is 9.21 Å². The monoisotopic (exact) mass is 320 g/mol. The topological polar surface area (TPSA) is 30.2 Å². The molecule has 1 heterocycles. The first-order valence-corrected chi connectivity index (χ1v) is 9.83. The van der Waals surface area contributed by atoms with Gasteiger partial charge in [-0.15, -0.1) is 0 Å². The summed E-state index contributed by atoms with van der Waals surface area (Å²) in [4.78, 5) is 12.0. The van der Waals surface area contributed by atoms with E-state index in [1.807, 2.05) is 6.92 Å². The second-order valence-corrected chi connectivity index (χ2v) is 6.81. The summed E-state index contributed by atoms with van der Waals surface area (Å²) in [5.74, 6) is 0.990. The summed E-state index contributed by atoms with van der Waals surface area (Å²) in [7, 11) is 0. The van der Waals surface area contributed by atoms with Gasteiger partial charge in [0, 0.05) is 6.42 Å². The molecule has 1 aromatic heterocycles. The minimum atomic E-state index is 0.235. The largest absolute Gasteiger partial charge is 0.469 e. The van der Waals surface area contributed by atoms with Crippen LogP contribution in [0.4, 0.5) is 0 Å². The molecule has 0 aliphatic heterocycles. The molecule has 0 fully saturated rings. The summed E-state index contributed by atoms with van der Waals surface area (Å²) < 4.78 is 5.18. The molecule has 1 aromatic rings. The second-order valence-electron chi connectivity index (χ2n) is 6.81. The highest BCUT2D eigenvalue weighted by Gasteiger charge is 2.10. The Morgan fingerprint density at radius 1 is 0.826 bits per heavy atom. The first-order chi connectivity index (χ1) is 11.3. The van der Waals surface area contributed by atoms with E-state index in [4.69, 9.17) is 4.42 Å². The Labute approximate surface area is 143 Å². The molecule has 23 heavy (non-hydrogen) atoms. The van der Waals surface area contributed by atoms with E-state index >= 15 is 0 Å². The van der Waals surface area contributed by atoms with Crippen LogP contribution in [0.1, 0.15) is 113 Å². The molecule has 132 valence electrons. The maximum atomic E-state index is 12.0. The zero-order valence-electron chi connectivity index (χ0n) is 15.4. The van der Waals surface area contributed by atoms with Crippen molar-refractivity contribution in [1.29, 1.82) is 0 Å². The first kappa shape index (κ1) is 20.0. The van der Waals surface area contributed by atoms with Crippen LogP contribution < -0.4 is 0 Å². The van der Waals surface area contributed by atoms with Crippen molar-refractivity contribution in [1.82, 2.24) is 0 Å². The van der Waals surface area contributed by atoms with E-state index in [0.717, 1.165) is 17.7 Å². The quantitative estimate of drug-likeness (QED) is 0.251. The Morgan fingerprint density at radius 3 is 1.74 bits per heavy atom. The Kier molecular flexibility index (Phi) is 11.6. The number of unbranched alkanes of at least 4 members (excludes halogenated alkanes) is 12. The van der Waals surface area contributed by atoms with Gasteiger partial charge in [-0.3, -0.25) is 4.79 Å². The van der Waals surface area contributed by atoms with Gasteiger partial charge in [0.1, 0.15) is 5.76 Å². The number of carbonyl (C=O) groups is 1. The van der Waals surface area contributed by atoms with Gasteiger partial charge in [-0.2, -0.15) is 0 Å². The molecule has 2 heteroatoms. The van der Waals surface area contributed by atoms with Crippen molar-refractivity contribution in [3.8, 4) is 0 Å². The summed E-state index contributed by atoms with van der Waals surface area (Å²) in [5, 5.41) is 0. The molecule has 0 atom stereocenters.